The second-order valence-electron chi connectivity index (χ2n) is 5.77. The van der Waals surface area contributed by atoms with Gasteiger partial charge in [-0.25, -0.2) is 15.0 Å². The number of H-pyrrole nitrogens is 1. The highest BCUT2D eigenvalue weighted by Gasteiger charge is 2.44. The van der Waals surface area contributed by atoms with Crippen LogP contribution < -0.4 is 5.43 Å². The van der Waals surface area contributed by atoms with Crippen molar-refractivity contribution in [2.45, 2.75) is 24.5 Å². The van der Waals surface area contributed by atoms with Gasteiger partial charge >= 0.3 is 0 Å². The van der Waals surface area contributed by atoms with Crippen molar-refractivity contribution < 1.29 is 20.1 Å². The Morgan fingerprint density at radius 1 is 1.31 bits per heavy atom. The topological polar surface area (TPSA) is 154 Å². The van der Waals surface area contributed by atoms with Crippen molar-refractivity contribution in [3.63, 3.8) is 0 Å². The number of aliphatic hydroxyl groups excluding tert-OH is 3. The maximum Gasteiger partial charge on any atom is 0.177 e. The van der Waals surface area contributed by atoms with Gasteiger partial charge in [0.2, 0.25) is 0 Å². The third kappa shape index (κ3) is 2.82. The van der Waals surface area contributed by atoms with Gasteiger partial charge in [0.05, 0.1) is 24.8 Å². The number of nitrogens with zero attached hydrogens (tertiary/aromatic N) is 5. The monoisotopic (exact) mass is 359 g/mol. The second-order valence-corrected chi connectivity index (χ2v) is 5.77. The fourth-order valence-electron chi connectivity index (χ4n) is 2.82. The molecule has 0 spiro atoms. The van der Waals surface area contributed by atoms with Crippen LogP contribution >= 0.6 is 0 Å². The van der Waals surface area contributed by atoms with E-state index >= 15 is 0 Å². The Morgan fingerprint density at radius 2 is 2.19 bits per heavy atom. The van der Waals surface area contributed by atoms with E-state index in [9.17, 15) is 15.3 Å². The van der Waals surface area contributed by atoms with E-state index in [2.05, 4.69) is 30.5 Å². The van der Waals surface area contributed by atoms with Gasteiger partial charge in [0, 0.05) is 6.20 Å². The maximum atomic E-state index is 10.2. The van der Waals surface area contributed by atoms with Crippen molar-refractivity contribution in [3.05, 3.63) is 36.7 Å². The molecule has 1 fully saturated rings. The van der Waals surface area contributed by atoms with Crippen LogP contribution in [0.5, 0.6) is 0 Å². The summed E-state index contributed by atoms with van der Waals surface area (Å²) in [5.41, 5.74) is 4.44. The van der Waals surface area contributed by atoms with E-state index in [1.807, 2.05) is 12.1 Å². The molecule has 1 aliphatic rings. The molecule has 2 unspecified atom stereocenters. The van der Waals surface area contributed by atoms with Gasteiger partial charge < -0.3 is 25.0 Å². The van der Waals surface area contributed by atoms with Crippen molar-refractivity contribution in [2.75, 3.05) is 12.0 Å². The zero-order chi connectivity index (χ0) is 18.1. The average molecular weight is 359 g/mol. The van der Waals surface area contributed by atoms with Crippen LogP contribution in [0.3, 0.4) is 0 Å². The summed E-state index contributed by atoms with van der Waals surface area (Å²) in [5.74, 6) is 0.378. The molecule has 4 heterocycles. The van der Waals surface area contributed by atoms with E-state index in [1.54, 1.807) is 12.4 Å². The first-order valence-corrected chi connectivity index (χ1v) is 7.91. The third-order valence-corrected chi connectivity index (χ3v) is 4.15. The van der Waals surface area contributed by atoms with Crippen LogP contribution in [-0.2, 0) is 4.74 Å². The van der Waals surface area contributed by atoms with Crippen molar-refractivity contribution >= 4 is 23.2 Å². The van der Waals surface area contributed by atoms with E-state index in [0.717, 1.165) is 5.69 Å². The predicted molar refractivity (Wildman–Crippen MR) is 90.3 cm³/mol. The highest BCUT2D eigenvalue weighted by molar-refractivity contribution is 5.84. The van der Waals surface area contributed by atoms with Crippen LogP contribution in [0.1, 0.15) is 11.9 Å². The highest BCUT2D eigenvalue weighted by Crippen LogP contribution is 2.31. The van der Waals surface area contributed by atoms with Crippen molar-refractivity contribution in [1.29, 1.82) is 0 Å². The minimum absolute atomic E-state index is 0.378. The molecule has 26 heavy (non-hydrogen) atoms. The molecule has 4 rings (SSSR count). The molecule has 0 radical (unpaired) electrons. The summed E-state index contributed by atoms with van der Waals surface area (Å²) in [6, 6.07) is 3.71. The van der Waals surface area contributed by atoms with Crippen LogP contribution in [0, 0.1) is 0 Å². The molecule has 11 nitrogen and oxygen atoms in total. The molecular weight excluding hydrogens is 342 g/mol. The van der Waals surface area contributed by atoms with Gasteiger partial charge in [-0.05, 0) is 12.1 Å². The van der Waals surface area contributed by atoms with E-state index in [0.29, 0.717) is 17.0 Å². The molecule has 0 bridgehead atoms. The number of hydrazone groups is 1. The maximum absolute atomic E-state index is 10.2. The lowest BCUT2D eigenvalue weighted by atomic mass is 10.1. The summed E-state index contributed by atoms with van der Waals surface area (Å²) in [6.07, 6.45) is 1.92. The Hall–Kier alpha value is -2.86. The number of fused-ring (bicyclic) bond motifs is 1. The van der Waals surface area contributed by atoms with E-state index < -0.39 is 31.1 Å². The van der Waals surface area contributed by atoms with Crippen LogP contribution in [0.4, 0.5) is 5.82 Å². The number of aromatic amines is 1. The largest absolute Gasteiger partial charge is 0.394 e. The Labute approximate surface area is 147 Å². The molecule has 3 aromatic rings. The summed E-state index contributed by atoms with van der Waals surface area (Å²) in [7, 11) is 0. The van der Waals surface area contributed by atoms with Crippen LogP contribution in [0.15, 0.2) is 36.1 Å². The lowest BCUT2D eigenvalue weighted by Gasteiger charge is -2.16. The molecule has 0 aromatic carbocycles. The van der Waals surface area contributed by atoms with Crippen molar-refractivity contribution in [3.8, 4) is 0 Å². The van der Waals surface area contributed by atoms with E-state index in [1.165, 1.54) is 17.2 Å². The number of aromatic nitrogens is 5. The fourth-order valence-corrected chi connectivity index (χ4v) is 2.82. The number of anilines is 1. The minimum Gasteiger partial charge on any atom is -0.394 e. The molecule has 0 saturated carbocycles. The fraction of sp³-hybridized carbons (Fsp3) is 0.333. The molecule has 0 amide bonds. The number of nitrogens with one attached hydrogen (secondary N) is 2. The first-order valence-electron chi connectivity index (χ1n) is 7.91. The second kappa shape index (κ2) is 6.80. The lowest BCUT2D eigenvalue weighted by Crippen LogP contribution is -2.33. The Morgan fingerprint density at radius 3 is 2.92 bits per heavy atom. The van der Waals surface area contributed by atoms with Gasteiger partial charge in [-0.3, -0.25) is 9.99 Å². The Balaban J connectivity index is 1.61. The zero-order valence-electron chi connectivity index (χ0n) is 13.5. The average Bonchev–Trinajstić information content (AvgIpc) is 3.37. The molecule has 5 N–H and O–H groups in total. The van der Waals surface area contributed by atoms with Gasteiger partial charge in [-0.15, -0.1) is 0 Å². The molecule has 0 aliphatic carbocycles. The van der Waals surface area contributed by atoms with Gasteiger partial charge in [-0.2, -0.15) is 5.10 Å². The summed E-state index contributed by atoms with van der Waals surface area (Å²) in [6.45, 7) is -0.406. The SMILES string of the molecule is OC[C@H]1O[C@@H](n2cnc3c(N/N=C/c4ccc[nH]4)ncnc32)C(O)C1O. The van der Waals surface area contributed by atoms with Crippen LogP contribution in [0.2, 0.25) is 0 Å². The Kier molecular flexibility index (Phi) is 4.34. The molecule has 136 valence electrons. The zero-order valence-corrected chi connectivity index (χ0v) is 13.5. The number of hydrogen-bond donors (Lipinski definition) is 5. The van der Waals surface area contributed by atoms with Gasteiger partial charge in [-0.1, -0.05) is 0 Å². The number of ether oxygens (including phenoxy) is 1. The predicted octanol–water partition coefficient (Wildman–Crippen LogP) is -0.788. The first-order chi connectivity index (χ1) is 12.7. The quantitative estimate of drug-likeness (QED) is 0.293. The standard InChI is InChI=1S/C15H17N7O4/c23-5-9-11(24)12(25)15(26-9)22-7-19-10-13(17-6-18-14(10)22)21-20-4-8-2-1-3-16-8/h1-4,6-7,9,11-12,15-16,23-25H,5H2,(H,17,18,21)/b20-4+/t9-,11?,12?,15-/m1/s1. The van der Waals surface area contributed by atoms with Gasteiger partial charge in [0.15, 0.2) is 23.2 Å². The number of hydrogen-bond acceptors (Lipinski definition) is 9. The third-order valence-electron chi connectivity index (χ3n) is 4.15. The summed E-state index contributed by atoms with van der Waals surface area (Å²) in [4.78, 5) is 15.5. The van der Waals surface area contributed by atoms with Crippen molar-refractivity contribution in [1.82, 2.24) is 24.5 Å². The molecule has 4 atom stereocenters. The molecule has 3 aromatic heterocycles. The molecule has 1 aliphatic heterocycles. The Bertz CT molecular complexity index is 910. The lowest BCUT2D eigenvalue weighted by molar-refractivity contribution is -0.0511. The first kappa shape index (κ1) is 16.6. The van der Waals surface area contributed by atoms with Crippen LogP contribution in [0.25, 0.3) is 11.2 Å². The molecule has 11 heteroatoms. The number of imidazole rings is 1. The van der Waals surface area contributed by atoms with Gasteiger partial charge in [0.25, 0.3) is 0 Å². The smallest absolute Gasteiger partial charge is 0.177 e. The molecular formula is C15H17N7O4. The van der Waals surface area contributed by atoms with E-state index in [4.69, 9.17) is 4.74 Å². The number of rotatable bonds is 5. The van der Waals surface area contributed by atoms with Gasteiger partial charge in [0.1, 0.15) is 24.6 Å². The highest BCUT2D eigenvalue weighted by atomic mass is 16.6. The number of aliphatic hydroxyl groups is 3. The normalized spacial score (nSPS) is 26.1. The van der Waals surface area contributed by atoms with Crippen LogP contribution in [-0.4, -0.2) is 71.0 Å². The summed E-state index contributed by atoms with van der Waals surface area (Å²) < 4.78 is 7.00. The molecule has 1 saturated heterocycles. The summed E-state index contributed by atoms with van der Waals surface area (Å²) in [5, 5.41) is 33.4. The minimum atomic E-state index is -1.22. The van der Waals surface area contributed by atoms with Crippen molar-refractivity contribution in [2.24, 2.45) is 5.10 Å². The summed E-state index contributed by atoms with van der Waals surface area (Å²) >= 11 is 0. The van der Waals surface area contributed by atoms with E-state index in [-0.39, 0.29) is 0 Å².